The highest BCUT2D eigenvalue weighted by Crippen LogP contribution is 2.21. The van der Waals surface area contributed by atoms with E-state index in [0.717, 1.165) is 6.92 Å². The molecule has 13 heavy (non-hydrogen) atoms. The molecule has 0 saturated heterocycles. The van der Waals surface area contributed by atoms with Gasteiger partial charge in [0.05, 0.1) is 0 Å². The van der Waals surface area contributed by atoms with Gasteiger partial charge < -0.3 is 10.2 Å². The molecule has 0 aliphatic carbocycles. The minimum absolute atomic E-state index is 0.264. The van der Waals surface area contributed by atoms with Gasteiger partial charge in [0.2, 0.25) is 0 Å². The molecule has 0 saturated carbocycles. The Morgan fingerprint density at radius 1 is 1.15 bits per heavy atom. The van der Waals surface area contributed by atoms with Crippen LogP contribution in [-0.4, -0.2) is 27.6 Å². The van der Waals surface area contributed by atoms with Crippen molar-refractivity contribution in [2.24, 2.45) is 5.41 Å². The predicted molar refractivity (Wildman–Crippen MR) is 47.3 cm³/mol. The van der Waals surface area contributed by atoms with Gasteiger partial charge in [-0.2, -0.15) is 0 Å². The average Bonchev–Trinajstić information content (AvgIpc) is 1.83. The molecule has 0 bridgehead atoms. The van der Waals surface area contributed by atoms with Crippen LogP contribution in [0.3, 0.4) is 0 Å². The van der Waals surface area contributed by atoms with E-state index in [1.807, 2.05) is 0 Å². The number of Topliss-reactive ketones (excluding diaryl/α,β-unsaturated/α-hetero) is 1. The van der Waals surface area contributed by atoms with E-state index in [9.17, 15) is 14.7 Å². The standard InChI is InChI=1S/C9H16O4/c1-8(2,3)6(10)5-9(4,13)7(11)12/h13H,5H2,1-4H3,(H,11,12). The summed E-state index contributed by atoms with van der Waals surface area (Å²) in [6.07, 6.45) is -0.355. The molecule has 0 fully saturated rings. The number of carboxylic acid groups (broad SMARTS) is 1. The molecule has 1 atom stereocenters. The minimum Gasteiger partial charge on any atom is -0.479 e. The lowest BCUT2D eigenvalue weighted by Gasteiger charge is -2.22. The fourth-order valence-corrected chi connectivity index (χ4v) is 0.653. The van der Waals surface area contributed by atoms with E-state index >= 15 is 0 Å². The Kier molecular flexibility index (Phi) is 3.22. The van der Waals surface area contributed by atoms with Crippen LogP contribution in [0.25, 0.3) is 0 Å². The summed E-state index contributed by atoms with van der Waals surface area (Å²) in [6, 6.07) is 0. The van der Waals surface area contributed by atoms with Crippen molar-refractivity contribution in [2.75, 3.05) is 0 Å². The molecule has 0 aromatic rings. The first-order valence-electron chi connectivity index (χ1n) is 4.06. The minimum atomic E-state index is -1.95. The Bertz CT molecular complexity index is 222. The van der Waals surface area contributed by atoms with Gasteiger partial charge in [0.1, 0.15) is 5.78 Å². The molecule has 1 unspecified atom stereocenters. The van der Waals surface area contributed by atoms with E-state index in [0.29, 0.717) is 0 Å². The Hall–Kier alpha value is -0.900. The number of aliphatic hydroxyl groups is 1. The smallest absolute Gasteiger partial charge is 0.335 e. The number of hydrogen-bond acceptors (Lipinski definition) is 3. The van der Waals surface area contributed by atoms with Crippen LogP contribution in [0, 0.1) is 5.41 Å². The number of ketones is 1. The van der Waals surface area contributed by atoms with Crippen molar-refractivity contribution in [2.45, 2.75) is 39.7 Å². The summed E-state index contributed by atoms with van der Waals surface area (Å²) < 4.78 is 0. The lowest BCUT2D eigenvalue weighted by molar-refractivity contribution is -0.160. The summed E-state index contributed by atoms with van der Waals surface area (Å²) in [5.41, 5.74) is -2.57. The van der Waals surface area contributed by atoms with Gasteiger partial charge in [0.15, 0.2) is 5.60 Å². The Labute approximate surface area is 77.6 Å². The first kappa shape index (κ1) is 12.1. The molecule has 0 radical (unpaired) electrons. The second kappa shape index (κ2) is 3.46. The van der Waals surface area contributed by atoms with Crippen LogP contribution in [0.1, 0.15) is 34.1 Å². The van der Waals surface area contributed by atoms with Crippen molar-refractivity contribution >= 4 is 11.8 Å². The van der Waals surface area contributed by atoms with Gasteiger partial charge in [-0.05, 0) is 6.92 Å². The summed E-state index contributed by atoms with van der Waals surface area (Å²) in [6.45, 7) is 6.19. The molecule has 0 aliphatic rings. The molecule has 0 aromatic heterocycles. The third kappa shape index (κ3) is 3.55. The largest absolute Gasteiger partial charge is 0.479 e. The normalized spacial score (nSPS) is 16.4. The second-order valence-electron chi connectivity index (χ2n) is 4.43. The lowest BCUT2D eigenvalue weighted by atomic mass is 9.84. The lowest BCUT2D eigenvalue weighted by Crippen LogP contribution is -2.40. The van der Waals surface area contributed by atoms with E-state index in [1.54, 1.807) is 20.8 Å². The van der Waals surface area contributed by atoms with Crippen LogP contribution >= 0.6 is 0 Å². The first-order chi connectivity index (χ1) is 5.57. The first-order valence-corrected chi connectivity index (χ1v) is 4.06. The number of hydrogen-bond donors (Lipinski definition) is 2. The van der Waals surface area contributed by atoms with E-state index < -0.39 is 17.0 Å². The van der Waals surface area contributed by atoms with Gasteiger partial charge in [-0.15, -0.1) is 0 Å². The van der Waals surface area contributed by atoms with Crippen LogP contribution in [0.15, 0.2) is 0 Å². The van der Waals surface area contributed by atoms with Crippen molar-refractivity contribution in [3.8, 4) is 0 Å². The summed E-state index contributed by atoms with van der Waals surface area (Å²) >= 11 is 0. The SMILES string of the molecule is CC(C)(C)C(=O)CC(C)(O)C(=O)O. The zero-order valence-electron chi connectivity index (χ0n) is 8.42. The highest BCUT2D eigenvalue weighted by Gasteiger charge is 2.36. The Morgan fingerprint density at radius 3 is 1.77 bits per heavy atom. The van der Waals surface area contributed by atoms with Gasteiger partial charge in [-0.25, -0.2) is 4.79 Å². The van der Waals surface area contributed by atoms with Gasteiger partial charge in [0, 0.05) is 11.8 Å². The fraction of sp³-hybridized carbons (Fsp3) is 0.778. The van der Waals surface area contributed by atoms with Crippen LogP contribution in [0.5, 0.6) is 0 Å². The number of rotatable bonds is 3. The molecule has 4 heteroatoms. The van der Waals surface area contributed by atoms with E-state index in [4.69, 9.17) is 5.11 Å². The van der Waals surface area contributed by atoms with Crippen molar-refractivity contribution in [1.82, 2.24) is 0 Å². The summed E-state index contributed by atoms with van der Waals surface area (Å²) in [5, 5.41) is 17.9. The number of carbonyl (C=O) groups is 2. The molecule has 0 spiro atoms. The zero-order chi connectivity index (χ0) is 10.9. The average molecular weight is 188 g/mol. The number of carbonyl (C=O) groups excluding carboxylic acids is 1. The molecule has 0 aliphatic heterocycles. The monoisotopic (exact) mass is 188 g/mol. The molecule has 0 aromatic carbocycles. The van der Waals surface area contributed by atoms with Gasteiger partial charge in [-0.1, -0.05) is 20.8 Å². The molecular weight excluding hydrogens is 172 g/mol. The third-order valence-corrected chi connectivity index (χ3v) is 1.80. The maximum absolute atomic E-state index is 11.4. The maximum Gasteiger partial charge on any atom is 0.335 e. The molecule has 4 nitrogen and oxygen atoms in total. The maximum atomic E-state index is 11.4. The van der Waals surface area contributed by atoms with E-state index in [2.05, 4.69) is 0 Å². The molecule has 2 N–H and O–H groups in total. The summed E-state index contributed by atoms with van der Waals surface area (Å²) in [4.78, 5) is 21.8. The Morgan fingerprint density at radius 2 is 1.54 bits per heavy atom. The summed E-state index contributed by atoms with van der Waals surface area (Å²) in [7, 11) is 0. The molecule has 76 valence electrons. The number of carboxylic acids is 1. The van der Waals surface area contributed by atoms with Crippen molar-refractivity contribution < 1.29 is 19.8 Å². The van der Waals surface area contributed by atoms with Gasteiger partial charge >= 0.3 is 5.97 Å². The zero-order valence-corrected chi connectivity index (χ0v) is 8.42. The topological polar surface area (TPSA) is 74.6 Å². The molecular formula is C9H16O4. The van der Waals surface area contributed by atoms with Gasteiger partial charge in [0.25, 0.3) is 0 Å². The molecule has 0 amide bonds. The molecule has 0 heterocycles. The highest BCUT2D eigenvalue weighted by molar-refractivity contribution is 5.90. The second-order valence-corrected chi connectivity index (χ2v) is 4.43. The molecule has 0 rings (SSSR count). The van der Waals surface area contributed by atoms with E-state index in [-0.39, 0.29) is 12.2 Å². The third-order valence-electron chi connectivity index (χ3n) is 1.80. The fourth-order valence-electron chi connectivity index (χ4n) is 0.653. The van der Waals surface area contributed by atoms with Crippen LogP contribution in [0.4, 0.5) is 0 Å². The van der Waals surface area contributed by atoms with Crippen molar-refractivity contribution in [1.29, 1.82) is 0 Å². The van der Waals surface area contributed by atoms with E-state index in [1.165, 1.54) is 0 Å². The van der Waals surface area contributed by atoms with Crippen molar-refractivity contribution in [3.05, 3.63) is 0 Å². The predicted octanol–water partition coefficient (Wildman–Crippen LogP) is 0.827. The van der Waals surface area contributed by atoms with Crippen LogP contribution in [0.2, 0.25) is 0 Å². The highest BCUT2D eigenvalue weighted by atomic mass is 16.4. The van der Waals surface area contributed by atoms with Crippen LogP contribution in [-0.2, 0) is 9.59 Å². The Balaban J connectivity index is 4.47. The van der Waals surface area contributed by atoms with Gasteiger partial charge in [-0.3, -0.25) is 4.79 Å². The van der Waals surface area contributed by atoms with Crippen LogP contribution < -0.4 is 0 Å². The number of aliphatic carboxylic acids is 1. The summed E-state index contributed by atoms with van der Waals surface area (Å²) in [5.74, 6) is -1.63. The van der Waals surface area contributed by atoms with Crippen molar-refractivity contribution in [3.63, 3.8) is 0 Å². The quantitative estimate of drug-likeness (QED) is 0.687.